The number of aliphatic hydroxyl groups excluding tert-OH is 1. The largest absolute Gasteiger partial charge is 0.505 e. The highest BCUT2D eigenvalue weighted by Crippen LogP contribution is 2.40. The summed E-state index contributed by atoms with van der Waals surface area (Å²) in [6.45, 7) is 6.05. The topological polar surface area (TPSA) is 101 Å². The average molecular weight is 450 g/mol. The summed E-state index contributed by atoms with van der Waals surface area (Å²) in [4.78, 5) is 34.5. The van der Waals surface area contributed by atoms with Gasteiger partial charge in [-0.25, -0.2) is 4.98 Å². The number of ether oxygens (including phenoxy) is 1. The predicted molar refractivity (Wildman–Crippen MR) is 120 cm³/mol. The zero-order valence-corrected chi connectivity index (χ0v) is 18.4. The number of Topliss-reactive ketones (excluding diaryl/α,β-unsaturated/α-hetero) is 1. The zero-order valence-electron chi connectivity index (χ0n) is 18.4. The van der Waals surface area contributed by atoms with Gasteiger partial charge in [-0.05, 0) is 37.6 Å². The predicted octanol–water partition coefficient (Wildman–Crippen LogP) is 2.38. The number of nitrogens with zero attached hydrogens (tertiary/aromatic N) is 4. The molecular formula is C24H26N4O5. The lowest BCUT2D eigenvalue weighted by molar-refractivity contribution is -0.140. The van der Waals surface area contributed by atoms with Crippen molar-refractivity contribution in [2.24, 2.45) is 0 Å². The third kappa shape index (κ3) is 3.83. The number of likely N-dealkylation sites (tertiary alicyclic amines) is 1. The highest BCUT2D eigenvalue weighted by atomic mass is 16.5. The molecule has 3 aromatic rings. The lowest BCUT2D eigenvalue weighted by Crippen LogP contribution is -2.38. The first-order valence-corrected chi connectivity index (χ1v) is 11.1. The maximum absolute atomic E-state index is 13.2. The van der Waals surface area contributed by atoms with Crippen molar-refractivity contribution in [2.75, 3.05) is 39.4 Å². The Hall–Kier alpha value is -3.43. The van der Waals surface area contributed by atoms with Crippen LogP contribution in [0.25, 0.3) is 11.4 Å². The van der Waals surface area contributed by atoms with E-state index in [2.05, 4.69) is 9.88 Å². The third-order valence-corrected chi connectivity index (χ3v) is 6.26. The van der Waals surface area contributed by atoms with Crippen LogP contribution in [0.2, 0.25) is 0 Å². The normalized spacial score (nSPS) is 21.4. The van der Waals surface area contributed by atoms with Gasteiger partial charge in [0.1, 0.15) is 23.1 Å². The fourth-order valence-electron chi connectivity index (χ4n) is 4.67. The summed E-state index contributed by atoms with van der Waals surface area (Å²) in [6.07, 6.45) is 3.96. The van der Waals surface area contributed by atoms with Gasteiger partial charge in [0, 0.05) is 32.4 Å². The molecule has 1 amide bonds. The van der Waals surface area contributed by atoms with Crippen LogP contribution in [0.4, 0.5) is 0 Å². The molecule has 1 atom stereocenters. The number of ketones is 1. The number of furan rings is 1. The first-order chi connectivity index (χ1) is 16.1. The van der Waals surface area contributed by atoms with Gasteiger partial charge in [-0.15, -0.1) is 0 Å². The van der Waals surface area contributed by atoms with Gasteiger partial charge >= 0.3 is 0 Å². The van der Waals surface area contributed by atoms with E-state index in [9.17, 15) is 14.7 Å². The Kier molecular flexibility index (Phi) is 5.74. The molecule has 172 valence electrons. The molecule has 0 radical (unpaired) electrons. The van der Waals surface area contributed by atoms with Crippen molar-refractivity contribution in [3.63, 3.8) is 0 Å². The van der Waals surface area contributed by atoms with Crippen LogP contribution in [0.5, 0.6) is 0 Å². The number of hydrogen-bond donors (Lipinski definition) is 1. The molecular weight excluding hydrogens is 424 g/mol. The van der Waals surface area contributed by atoms with Gasteiger partial charge in [-0.2, -0.15) is 0 Å². The number of aliphatic hydroxyl groups is 1. The van der Waals surface area contributed by atoms with E-state index in [1.54, 1.807) is 29.7 Å². The third-order valence-electron chi connectivity index (χ3n) is 6.26. The Bertz CT molecular complexity index is 1210. The molecule has 0 spiro atoms. The molecule has 0 saturated carbocycles. The van der Waals surface area contributed by atoms with Crippen LogP contribution in [0, 0.1) is 6.92 Å². The summed E-state index contributed by atoms with van der Waals surface area (Å²) < 4.78 is 12.7. The summed E-state index contributed by atoms with van der Waals surface area (Å²) in [5, 5.41) is 11.3. The molecule has 2 saturated heterocycles. The number of morpholine rings is 1. The van der Waals surface area contributed by atoms with Gasteiger partial charge in [-0.3, -0.25) is 18.9 Å². The van der Waals surface area contributed by atoms with Gasteiger partial charge in [-0.1, -0.05) is 6.07 Å². The highest BCUT2D eigenvalue weighted by molar-refractivity contribution is 6.46. The number of amides is 1. The number of pyridine rings is 1. The van der Waals surface area contributed by atoms with Crippen LogP contribution in [-0.4, -0.2) is 75.4 Å². The second-order valence-electron chi connectivity index (χ2n) is 8.29. The number of imidazole rings is 1. The van der Waals surface area contributed by atoms with Crippen molar-refractivity contribution in [2.45, 2.75) is 19.4 Å². The highest BCUT2D eigenvalue weighted by Gasteiger charge is 2.47. The SMILES string of the molecule is Cc1nc2ccccn2c1C(O)=C1C(=O)C(=O)N(CCCN2CCOCC2)[C@H]1c1ccco1. The van der Waals surface area contributed by atoms with E-state index in [-0.39, 0.29) is 11.3 Å². The van der Waals surface area contributed by atoms with Gasteiger partial charge in [0.2, 0.25) is 0 Å². The minimum Gasteiger partial charge on any atom is -0.505 e. The van der Waals surface area contributed by atoms with E-state index < -0.39 is 17.7 Å². The smallest absolute Gasteiger partial charge is 0.295 e. The Balaban J connectivity index is 1.51. The number of aromatic nitrogens is 2. The molecule has 9 nitrogen and oxygen atoms in total. The fraction of sp³-hybridized carbons (Fsp3) is 0.375. The van der Waals surface area contributed by atoms with Crippen LogP contribution in [-0.2, 0) is 14.3 Å². The number of rotatable bonds is 6. The lowest BCUT2D eigenvalue weighted by Gasteiger charge is -2.28. The van der Waals surface area contributed by atoms with E-state index in [0.29, 0.717) is 49.0 Å². The van der Waals surface area contributed by atoms with E-state index in [0.717, 1.165) is 19.6 Å². The fourth-order valence-corrected chi connectivity index (χ4v) is 4.67. The Morgan fingerprint density at radius 2 is 1.97 bits per heavy atom. The number of fused-ring (bicyclic) bond motifs is 1. The van der Waals surface area contributed by atoms with Crippen molar-refractivity contribution in [1.29, 1.82) is 0 Å². The van der Waals surface area contributed by atoms with E-state index in [4.69, 9.17) is 9.15 Å². The van der Waals surface area contributed by atoms with Gasteiger partial charge < -0.3 is 19.2 Å². The van der Waals surface area contributed by atoms with Crippen LogP contribution in [0.15, 0.2) is 52.8 Å². The van der Waals surface area contributed by atoms with Crippen molar-refractivity contribution in [1.82, 2.24) is 19.2 Å². The molecule has 5 rings (SSSR count). The number of carbonyl (C=O) groups excluding carboxylic acids is 2. The van der Waals surface area contributed by atoms with Crippen LogP contribution < -0.4 is 0 Å². The summed E-state index contributed by atoms with van der Waals surface area (Å²) in [5.74, 6) is -1.16. The van der Waals surface area contributed by atoms with Gasteiger partial charge in [0.15, 0.2) is 5.76 Å². The van der Waals surface area contributed by atoms with E-state index in [1.807, 2.05) is 18.2 Å². The number of carbonyl (C=O) groups is 2. The van der Waals surface area contributed by atoms with Crippen LogP contribution in [0.3, 0.4) is 0 Å². The first kappa shape index (κ1) is 21.4. The second-order valence-corrected chi connectivity index (χ2v) is 8.29. The monoisotopic (exact) mass is 450 g/mol. The first-order valence-electron chi connectivity index (χ1n) is 11.1. The molecule has 2 aliphatic heterocycles. The molecule has 33 heavy (non-hydrogen) atoms. The molecule has 9 heteroatoms. The van der Waals surface area contributed by atoms with Crippen molar-refractivity contribution in [3.05, 3.63) is 65.5 Å². The molecule has 5 heterocycles. The quantitative estimate of drug-likeness (QED) is 0.350. The summed E-state index contributed by atoms with van der Waals surface area (Å²) in [7, 11) is 0. The average Bonchev–Trinajstić information content (AvgIpc) is 3.52. The molecule has 0 aromatic carbocycles. The van der Waals surface area contributed by atoms with E-state index >= 15 is 0 Å². The molecule has 0 bridgehead atoms. The summed E-state index contributed by atoms with van der Waals surface area (Å²) in [5.41, 5.74) is 1.63. The minimum atomic E-state index is -0.793. The lowest BCUT2D eigenvalue weighted by atomic mass is 10.0. The summed E-state index contributed by atoms with van der Waals surface area (Å²) >= 11 is 0. The molecule has 0 unspecified atom stereocenters. The van der Waals surface area contributed by atoms with Crippen molar-refractivity contribution >= 4 is 23.1 Å². The number of hydrogen-bond acceptors (Lipinski definition) is 7. The standard InChI is InChI=1S/C24H26N4O5/c1-16-20(27-9-3-2-7-18(27)25-16)22(29)19-21(17-6-4-13-33-17)28(24(31)23(19)30)10-5-8-26-11-14-32-15-12-26/h2-4,6-7,9,13,21,29H,5,8,10-12,14-15H2,1H3/t21-/m0/s1. The number of aryl methyl sites for hydroxylation is 1. The molecule has 3 aromatic heterocycles. The van der Waals surface area contributed by atoms with Crippen LogP contribution >= 0.6 is 0 Å². The molecule has 2 fully saturated rings. The van der Waals surface area contributed by atoms with Gasteiger partial charge in [0.05, 0.1) is 30.7 Å². The maximum Gasteiger partial charge on any atom is 0.295 e. The van der Waals surface area contributed by atoms with Crippen molar-refractivity contribution in [3.8, 4) is 0 Å². The molecule has 2 aliphatic rings. The molecule has 1 N–H and O–H groups in total. The van der Waals surface area contributed by atoms with Crippen molar-refractivity contribution < 1.29 is 23.8 Å². The van der Waals surface area contributed by atoms with Crippen LogP contribution in [0.1, 0.15) is 29.6 Å². The van der Waals surface area contributed by atoms with Gasteiger partial charge in [0.25, 0.3) is 11.7 Å². The molecule has 0 aliphatic carbocycles. The Morgan fingerprint density at radius 1 is 1.15 bits per heavy atom. The summed E-state index contributed by atoms with van der Waals surface area (Å²) in [6, 6.07) is 8.13. The maximum atomic E-state index is 13.2. The van der Waals surface area contributed by atoms with E-state index in [1.165, 1.54) is 11.2 Å². The minimum absolute atomic E-state index is 0.0232. The second kappa shape index (κ2) is 8.84. The zero-order chi connectivity index (χ0) is 22.9. The Morgan fingerprint density at radius 3 is 2.73 bits per heavy atom. The Labute approximate surface area is 190 Å².